The number of aliphatic hydroxyl groups is 1. The molecule has 0 bridgehead atoms. The first-order valence-corrected chi connectivity index (χ1v) is 7.32. The van der Waals surface area contributed by atoms with Crippen molar-refractivity contribution in [3.63, 3.8) is 0 Å². The molecule has 0 radical (unpaired) electrons. The number of rotatable bonds is 3. The third kappa shape index (κ3) is 1.87. The maximum atomic E-state index is 9.42. The lowest BCUT2D eigenvalue weighted by Gasteiger charge is -2.14. The predicted octanol–water partition coefficient (Wildman–Crippen LogP) is 2.95. The maximum Gasteiger partial charge on any atom is 0.166 e. The lowest BCUT2D eigenvalue weighted by Crippen LogP contribution is -2.13. The number of aliphatic hydroxyl groups excluding tert-OH is 1. The van der Waals surface area contributed by atoms with Gasteiger partial charge in [0.15, 0.2) is 5.65 Å². The summed E-state index contributed by atoms with van der Waals surface area (Å²) in [5, 5.41) is 18.8. The van der Waals surface area contributed by atoms with Crippen LogP contribution in [0.25, 0.3) is 5.65 Å². The van der Waals surface area contributed by atoms with Crippen LogP contribution in [-0.2, 0) is 12.0 Å². The van der Waals surface area contributed by atoms with Gasteiger partial charge in [0, 0.05) is 16.8 Å². The van der Waals surface area contributed by atoms with Crippen LogP contribution in [0.4, 0.5) is 0 Å². The molecule has 4 rings (SSSR count). The Morgan fingerprint density at radius 1 is 1.14 bits per heavy atom. The Labute approximate surface area is 127 Å². The smallest absolute Gasteiger partial charge is 0.166 e. The molecule has 21 heavy (non-hydrogen) atoms. The van der Waals surface area contributed by atoms with Crippen molar-refractivity contribution >= 4 is 17.2 Å². The molecule has 0 atom stereocenters. The van der Waals surface area contributed by atoms with E-state index < -0.39 is 0 Å². The molecule has 1 aromatic carbocycles. The van der Waals surface area contributed by atoms with Gasteiger partial charge >= 0.3 is 0 Å². The molecule has 4 nitrogen and oxygen atoms in total. The Morgan fingerprint density at radius 2 is 1.90 bits per heavy atom. The lowest BCUT2D eigenvalue weighted by molar-refractivity contribution is 0.282. The molecule has 1 saturated carbocycles. The Kier molecular flexibility index (Phi) is 2.77. The highest BCUT2D eigenvalue weighted by atomic mass is 35.5. The minimum Gasteiger partial charge on any atom is -0.392 e. The number of fused-ring (bicyclic) bond motifs is 1. The number of aromatic nitrogens is 3. The molecule has 2 aromatic heterocycles. The average Bonchev–Trinajstić information content (AvgIpc) is 3.20. The summed E-state index contributed by atoms with van der Waals surface area (Å²) in [6.07, 6.45) is 4.07. The van der Waals surface area contributed by atoms with Gasteiger partial charge in [0.05, 0.1) is 12.0 Å². The van der Waals surface area contributed by atoms with E-state index in [1.165, 1.54) is 5.56 Å². The first-order chi connectivity index (χ1) is 10.2. The van der Waals surface area contributed by atoms with Crippen LogP contribution in [0.1, 0.15) is 29.8 Å². The van der Waals surface area contributed by atoms with Crippen LogP contribution in [0.5, 0.6) is 0 Å². The number of benzene rings is 1. The van der Waals surface area contributed by atoms with Crippen LogP contribution in [-0.4, -0.2) is 19.7 Å². The van der Waals surface area contributed by atoms with E-state index in [4.69, 9.17) is 11.6 Å². The van der Waals surface area contributed by atoms with Gasteiger partial charge in [-0.1, -0.05) is 29.8 Å². The standard InChI is InChI=1S/C16H14ClN3O/c17-13-5-3-12(4-6-13)16(7-8-16)15-19-18-14-11(10-21)2-1-9-20(14)15/h1-6,9,21H,7-8,10H2. The van der Waals surface area contributed by atoms with Crippen LogP contribution in [0.15, 0.2) is 42.6 Å². The SMILES string of the molecule is OCc1cccn2c(C3(c4ccc(Cl)cc4)CC3)nnc12. The zero-order valence-electron chi connectivity index (χ0n) is 11.3. The third-order valence-corrected chi connectivity index (χ3v) is 4.51. The fourth-order valence-electron chi connectivity index (χ4n) is 2.96. The molecule has 1 aliphatic carbocycles. The van der Waals surface area contributed by atoms with Crippen LogP contribution in [0.2, 0.25) is 5.02 Å². The molecule has 3 aromatic rings. The fourth-order valence-corrected chi connectivity index (χ4v) is 3.08. The molecule has 106 valence electrons. The topological polar surface area (TPSA) is 50.4 Å². The van der Waals surface area contributed by atoms with Gasteiger partial charge in [-0.15, -0.1) is 10.2 Å². The van der Waals surface area contributed by atoms with Gasteiger partial charge < -0.3 is 5.11 Å². The van der Waals surface area contributed by atoms with Crippen molar-refractivity contribution in [1.29, 1.82) is 0 Å². The summed E-state index contributed by atoms with van der Waals surface area (Å²) in [4.78, 5) is 0. The van der Waals surface area contributed by atoms with E-state index in [1.807, 2.05) is 34.9 Å². The van der Waals surface area contributed by atoms with Crippen LogP contribution >= 0.6 is 11.6 Å². The van der Waals surface area contributed by atoms with Gasteiger partial charge in [-0.3, -0.25) is 4.40 Å². The van der Waals surface area contributed by atoms with Gasteiger partial charge in [0.25, 0.3) is 0 Å². The van der Waals surface area contributed by atoms with Gasteiger partial charge in [-0.2, -0.15) is 0 Å². The molecule has 1 aliphatic rings. The van der Waals surface area contributed by atoms with E-state index in [2.05, 4.69) is 22.3 Å². The second-order valence-corrected chi connectivity index (χ2v) is 5.93. The summed E-state index contributed by atoms with van der Waals surface area (Å²) in [5.74, 6) is 0.940. The second-order valence-electron chi connectivity index (χ2n) is 5.50. The van der Waals surface area contributed by atoms with Gasteiger partial charge in [-0.05, 0) is 36.6 Å². The summed E-state index contributed by atoms with van der Waals surface area (Å²) in [5.41, 5.74) is 2.67. The summed E-state index contributed by atoms with van der Waals surface area (Å²) in [6.45, 7) is -0.0313. The zero-order chi connectivity index (χ0) is 14.4. The number of pyridine rings is 1. The normalized spacial score (nSPS) is 16.3. The first kappa shape index (κ1) is 12.8. The highest BCUT2D eigenvalue weighted by Crippen LogP contribution is 2.52. The molecule has 5 heteroatoms. The molecule has 2 heterocycles. The van der Waals surface area contributed by atoms with Gasteiger partial charge in [0.1, 0.15) is 5.82 Å². The van der Waals surface area contributed by atoms with Crippen molar-refractivity contribution in [1.82, 2.24) is 14.6 Å². The molecule has 1 N–H and O–H groups in total. The van der Waals surface area contributed by atoms with Crippen LogP contribution < -0.4 is 0 Å². The first-order valence-electron chi connectivity index (χ1n) is 6.95. The largest absolute Gasteiger partial charge is 0.392 e. The molecule has 0 amide bonds. The average molecular weight is 300 g/mol. The summed E-state index contributed by atoms with van der Waals surface area (Å²) < 4.78 is 1.99. The van der Waals surface area contributed by atoms with Crippen molar-refractivity contribution in [2.75, 3.05) is 0 Å². The third-order valence-electron chi connectivity index (χ3n) is 4.26. The quantitative estimate of drug-likeness (QED) is 0.809. The molecule has 0 aliphatic heterocycles. The van der Waals surface area contributed by atoms with Crippen molar-refractivity contribution in [2.45, 2.75) is 24.9 Å². The molecular weight excluding hydrogens is 286 g/mol. The minimum absolute atomic E-state index is 0.0313. The number of hydrogen-bond acceptors (Lipinski definition) is 3. The van der Waals surface area contributed by atoms with E-state index >= 15 is 0 Å². The Balaban J connectivity index is 1.88. The minimum atomic E-state index is -0.0713. The monoisotopic (exact) mass is 299 g/mol. The Morgan fingerprint density at radius 3 is 2.57 bits per heavy atom. The molecule has 1 fully saturated rings. The zero-order valence-corrected chi connectivity index (χ0v) is 12.1. The van der Waals surface area contributed by atoms with Crippen molar-refractivity contribution in [3.8, 4) is 0 Å². The van der Waals surface area contributed by atoms with Crippen molar-refractivity contribution in [3.05, 3.63) is 64.6 Å². The molecular formula is C16H14ClN3O. The molecule has 0 saturated heterocycles. The highest BCUT2D eigenvalue weighted by molar-refractivity contribution is 6.30. The number of hydrogen-bond donors (Lipinski definition) is 1. The summed E-state index contributed by atoms with van der Waals surface area (Å²) in [7, 11) is 0. The van der Waals surface area contributed by atoms with E-state index in [-0.39, 0.29) is 12.0 Å². The molecule has 0 unspecified atom stereocenters. The molecule has 0 spiro atoms. The van der Waals surface area contributed by atoms with Gasteiger partial charge in [-0.25, -0.2) is 0 Å². The van der Waals surface area contributed by atoms with E-state index in [0.717, 1.165) is 34.9 Å². The lowest BCUT2D eigenvalue weighted by atomic mass is 9.95. The van der Waals surface area contributed by atoms with Gasteiger partial charge in [0.2, 0.25) is 0 Å². The summed E-state index contributed by atoms with van der Waals surface area (Å²) >= 11 is 5.98. The van der Waals surface area contributed by atoms with Crippen LogP contribution in [0, 0.1) is 0 Å². The Hall–Kier alpha value is -1.91. The Bertz CT molecular complexity index is 806. The van der Waals surface area contributed by atoms with E-state index in [9.17, 15) is 5.11 Å². The number of halogens is 1. The van der Waals surface area contributed by atoms with Crippen LogP contribution in [0.3, 0.4) is 0 Å². The maximum absolute atomic E-state index is 9.42. The van der Waals surface area contributed by atoms with Crippen molar-refractivity contribution in [2.24, 2.45) is 0 Å². The predicted molar refractivity (Wildman–Crippen MR) is 80.4 cm³/mol. The highest BCUT2D eigenvalue weighted by Gasteiger charge is 2.49. The fraction of sp³-hybridized carbons (Fsp3) is 0.250. The number of nitrogens with zero attached hydrogens (tertiary/aromatic N) is 3. The summed E-state index contributed by atoms with van der Waals surface area (Å²) in [6, 6.07) is 11.7. The van der Waals surface area contributed by atoms with E-state index in [1.54, 1.807) is 0 Å². The van der Waals surface area contributed by atoms with E-state index in [0.29, 0.717) is 0 Å². The van der Waals surface area contributed by atoms with Crippen molar-refractivity contribution < 1.29 is 5.11 Å². The second kappa shape index (κ2) is 4.55.